The van der Waals surface area contributed by atoms with Crippen LogP contribution < -0.4 is 5.73 Å². The molecular weight excluding hydrogens is 368 g/mol. The lowest BCUT2D eigenvalue weighted by Crippen LogP contribution is -2.38. The van der Waals surface area contributed by atoms with Crippen molar-refractivity contribution in [3.05, 3.63) is 35.9 Å². The molecule has 5 fully saturated rings. The van der Waals surface area contributed by atoms with Gasteiger partial charge in [-0.25, -0.2) is 4.99 Å². The maximum absolute atomic E-state index is 13.5. The molecule has 5 atom stereocenters. The minimum Gasteiger partial charge on any atom is -0.328 e. The molecule has 1 aromatic carbocycles. The highest BCUT2D eigenvalue weighted by molar-refractivity contribution is 6.18. The number of rotatable bonds is 4. The van der Waals surface area contributed by atoms with Gasteiger partial charge < -0.3 is 5.73 Å². The molecule has 5 aliphatic rings. The zero-order valence-electron chi connectivity index (χ0n) is 16.5. The van der Waals surface area contributed by atoms with Crippen LogP contribution in [0.15, 0.2) is 35.3 Å². The third kappa shape index (κ3) is 2.81. The van der Waals surface area contributed by atoms with Gasteiger partial charge in [-0.05, 0) is 86.0 Å². The van der Waals surface area contributed by atoms with Crippen molar-refractivity contribution in [3.63, 3.8) is 0 Å². The fourth-order valence-corrected chi connectivity index (χ4v) is 7.78. The molecule has 0 saturated heterocycles. The number of carbonyl (C=O) groups is 1. The van der Waals surface area contributed by atoms with Crippen molar-refractivity contribution in [2.24, 2.45) is 39.8 Å². The molecule has 0 aromatic heterocycles. The van der Waals surface area contributed by atoms with Gasteiger partial charge in [0.1, 0.15) is 0 Å². The minimum atomic E-state index is -0.278. The van der Waals surface area contributed by atoms with Crippen molar-refractivity contribution >= 4 is 23.7 Å². The van der Waals surface area contributed by atoms with E-state index >= 15 is 0 Å². The highest BCUT2D eigenvalue weighted by Crippen LogP contribution is 2.73. The summed E-state index contributed by atoms with van der Waals surface area (Å²) in [5, 5.41) is 0. The Bertz CT molecular complexity index is 772. The van der Waals surface area contributed by atoms with E-state index in [1.807, 2.05) is 6.21 Å². The lowest BCUT2D eigenvalue weighted by atomic mass is 9.62. The van der Waals surface area contributed by atoms with Crippen LogP contribution in [0.4, 0.5) is 0 Å². The molecule has 5 unspecified atom stereocenters. The number of alkyl halides is 1. The van der Waals surface area contributed by atoms with E-state index in [1.165, 1.54) is 12.0 Å². The third-order valence-corrected chi connectivity index (χ3v) is 8.94. The summed E-state index contributed by atoms with van der Waals surface area (Å²) in [5.74, 6) is 2.68. The van der Waals surface area contributed by atoms with Gasteiger partial charge in [0.2, 0.25) is 0 Å². The van der Waals surface area contributed by atoms with Crippen molar-refractivity contribution in [1.29, 1.82) is 0 Å². The summed E-state index contributed by atoms with van der Waals surface area (Å²) in [6.07, 6.45) is 10.4. The van der Waals surface area contributed by atoms with Crippen LogP contribution >= 0.6 is 11.6 Å². The number of amides is 1. The normalized spacial score (nSPS) is 44.4. The Kier molecular flexibility index (Phi) is 4.67. The van der Waals surface area contributed by atoms with Crippen molar-refractivity contribution in [2.45, 2.75) is 62.8 Å². The average molecular weight is 399 g/mol. The van der Waals surface area contributed by atoms with Crippen molar-refractivity contribution < 1.29 is 4.79 Å². The number of hydrogen-bond donors (Lipinski definition) is 1. The van der Waals surface area contributed by atoms with E-state index in [4.69, 9.17) is 17.3 Å². The Balaban J connectivity index is 1.41. The van der Waals surface area contributed by atoms with E-state index in [0.717, 1.165) is 44.9 Å². The van der Waals surface area contributed by atoms with E-state index < -0.39 is 0 Å². The minimum absolute atomic E-state index is 0.141. The number of aliphatic imine (C=N–C) groups is 1. The SMILES string of the molecule is NC1CCC(/C=N/C(=O)C23CC4CC(c5ccccc5)(CC2C4CCl)C3)CC1. The topological polar surface area (TPSA) is 55.4 Å². The smallest absolute Gasteiger partial charge is 0.251 e. The summed E-state index contributed by atoms with van der Waals surface area (Å²) in [5.41, 5.74) is 7.31. The van der Waals surface area contributed by atoms with Crippen LogP contribution in [0.3, 0.4) is 0 Å². The molecule has 0 aliphatic heterocycles. The highest BCUT2D eigenvalue weighted by Gasteiger charge is 2.70. The van der Waals surface area contributed by atoms with E-state index in [1.54, 1.807) is 0 Å². The van der Waals surface area contributed by atoms with Crippen LogP contribution in [0.25, 0.3) is 0 Å². The van der Waals surface area contributed by atoms with Crippen molar-refractivity contribution in [1.82, 2.24) is 0 Å². The largest absolute Gasteiger partial charge is 0.328 e. The standard InChI is InChI=1S/C24H31ClN2O/c25-13-20-17-10-23(18-4-2-1-3-5-18)12-21(20)24(11-17,15-23)22(28)27-14-16-6-8-19(26)9-7-16/h1-5,14,16-17,19-21H,6-13,15,26H2/b27-14+. The molecular formula is C24H31ClN2O. The summed E-state index contributed by atoms with van der Waals surface area (Å²) < 4.78 is 0. The first kappa shape index (κ1) is 18.8. The second-order valence-electron chi connectivity index (χ2n) is 10.0. The first-order valence-electron chi connectivity index (χ1n) is 11.0. The lowest BCUT2D eigenvalue weighted by Gasteiger charge is -2.42. The maximum Gasteiger partial charge on any atom is 0.251 e. The number of nitrogens with zero attached hydrogens (tertiary/aromatic N) is 1. The third-order valence-electron chi connectivity index (χ3n) is 8.59. The highest BCUT2D eigenvalue weighted by atomic mass is 35.5. The molecule has 2 N–H and O–H groups in total. The summed E-state index contributed by atoms with van der Waals surface area (Å²) >= 11 is 6.40. The number of halogens is 1. The number of nitrogens with two attached hydrogens (primary N) is 1. The predicted molar refractivity (Wildman–Crippen MR) is 114 cm³/mol. The van der Waals surface area contributed by atoms with Gasteiger partial charge in [-0.1, -0.05) is 30.3 Å². The molecule has 5 aliphatic carbocycles. The van der Waals surface area contributed by atoms with Gasteiger partial charge in [-0.2, -0.15) is 0 Å². The van der Waals surface area contributed by atoms with Crippen LogP contribution in [0.1, 0.15) is 56.9 Å². The van der Waals surface area contributed by atoms with Crippen LogP contribution in [0, 0.1) is 29.1 Å². The Morgan fingerprint density at radius 2 is 1.89 bits per heavy atom. The molecule has 6 rings (SSSR count). The summed E-state index contributed by atoms with van der Waals surface area (Å²) in [7, 11) is 0. The molecule has 0 spiro atoms. The molecule has 1 amide bonds. The molecule has 0 radical (unpaired) electrons. The second kappa shape index (κ2) is 6.95. The molecule has 3 nitrogen and oxygen atoms in total. The van der Waals surface area contributed by atoms with Gasteiger partial charge in [0, 0.05) is 18.1 Å². The van der Waals surface area contributed by atoms with Gasteiger partial charge in [-0.3, -0.25) is 4.79 Å². The van der Waals surface area contributed by atoms with E-state index in [9.17, 15) is 4.79 Å². The molecule has 1 aromatic rings. The number of carbonyl (C=O) groups excluding carboxylic acids is 1. The fraction of sp³-hybridized carbons (Fsp3) is 0.667. The maximum atomic E-state index is 13.5. The van der Waals surface area contributed by atoms with Gasteiger partial charge in [0.05, 0.1) is 5.41 Å². The van der Waals surface area contributed by atoms with Crippen LogP contribution in [-0.2, 0) is 10.2 Å². The monoisotopic (exact) mass is 398 g/mol. The molecule has 150 valence electrons. The Labute approximate surface area is 173 Å². The van der Waals surface area contributed by atoms with Crippen LogP contribution in [-0.4, -0.2) is 24.0 Å². The quantitative estimate of drug-likeness (QED) is 0.589. The Hall–Kier alpha value is -1.19. The zero-order chi connectivity index (χ0) is 19.4. The van der Waals surface area contributed by atoms with Crippen molar-refractivity contribution in [3.8, 4) is 0 Å². The predicted octanol–water partition coefficient (Wildman–Crippen LogP) is 4.71. The molecule has 4 heteroatoms. The average Bonchev–Trinajstić information content (AvgIpc) is 3.10. The van der Waals surface area contributed by atoms with Gasteiger partial charge >= 0.3 is 0 Å². The van der Waals surface area contributed by atoms with Crippen molar-refractivity contribution in [2.75, 3.05) is 5.88 Å². The summed E-state index contributed by atoms with van der Waals surface area (Å²) in [6, 6.07) is 11.2. The second-order valence-corrected chi connectivity index (χ2v) is 10.3. The van der Waals surface area contributed by atoms with Gasteiger partial charge in [0.25, 0.3) is 5.91 Å². The molecule has 0 heterocycles. The van der Waals surface area contributed by atoms with Gasteiger partial charge in [0.15, 0.2) is 0 Å². The van der Waals surface area contributed by atoms with Crippen LogP contribution in [0.5, 0.6) is 0 Å². The summed E-state index contributed by atoms with van der Waals surface area (Å²) in [4.78, 5) is 18.1. The molecule has 4 bridgehead atoms. The molecule has 5 saturated carbocycles. The number of benzene rings is 1. The van der Waals surface area contributed by atoms with E-state index in [-0.39, 0.29) is 16.7 Å². The van der Waals surface area contributed by atoms with Crippen LogP contribution in [0.2, 0.25) is 0 Å². The lowest BCUT2D eigenvalue weighted by molar-refractivity contribution is -0.129. The fourth-order valence-electron chi connectivity index (χ4n) is 7.32. The summed E-state index contributed by atoms with van der Waals surface area (Å²) in [6.45, 7) is 0. The first-order chi connectivity index (χ1) is 13.6. The molecule has 28 heavy (non-hydrogen) atoms. The zero-order valence-corrected chi connectivity index (χ0v) is 17.3. The van der Waals surface area contributed by atoms with E-state index in [2.05, 4.69) is 35.3 Å². The number of hydrogen-bond acceptors (Lipinski definition) is 2. The first-order valence-corrected chi connectivity index (χ1v) is 11.6. The van der Waals surface area contributed by atoms with E-state index in [0.29, 0.717) is 35.6 Å². The van der Waals surface area contributed by atoms with Gasteiger partial charge in [-0.15, -0.1) is 11.6 Å². The Morgan fingerprint density at radius 3 is 2.61 bits per heavy atom. The Morgan fingerprint density at radius 1 is 1.14 bits per heavy atom.